The lowest BCUT2D eigenvalue weighted by Crippen LogP contribution is -2.22. The van der Waals surface area contributed by atoms with E-state index < -0.39 is 10.8 Å². The van der Waals surface area contributed by atoms with Crippen molar-refractivity contribution < 1.29 is 9.72 Å². The van der Waals surface area contributed by atoms with E-state index in [-0.39, 0.29) is 17.3 Å². The number of hydrogen-bond acceptors (Lipinski definition) is 5. The summed E-state index contributed by atoms with van der Waals surface area (Å²) in [7, 11) is 1.91. The molecule has 0 spiro atoms. The van der Waals surface area contributed by atoms with E-state index >= 15 is 0 Å². The fourth-order valence-electron chi connectivity index (χ4n) is 2.17. The smallest absolute Gasteiger partial charge is 0.274 e. The Morgan fingerprint density at radius 2 is 2.18 bits per heavy atom. The molecule has 2 rings (SSSR count). The van der Waals surface area contributed by atoms with Gasteiger partial charge in [0.15, 0.2) is 0 Å². The van der Waals surface area contributed by atoms with Gasteiger partial charge in [-0.2, -0.15) is 0 Å². The molecule has 6 nitrogen and oxygen atoms in total. The number of amides is 1. The lowest BCUT2D eigenvalue weighted by Gasteiger charge is -2.23. The first kappa shape index (κ1) is 16.1. The largest absolute Gasteiger partial charge is 0.366 e. The molecule has 1 aromatic heterocycles. The first-order chi connectivity index (χ1) is 10.4. The zero-order chi connectivity index (χ0) is 16.3. The van der Waals surface area contributed by atoms with E-state index in [0.717, 1.165) is 0 Å². The molecule has 7 heteroatoms. The van der Waals surface area contributed by atoms with Crippen LogP contribution in [-0.4, -0.2) is 22.8 Å². The van der Waals surface area contributed by atoms with Crippen molar-refractivity contribution in [2.24, 2.45) is 5.73 Å². The summed E-state index contributed by atoms with van der Waals surface area (Å²) in [6.45, 7) is 2.46. The Balaban J connectivity index is 2.25. The van der Waals surface area contributed by atoms with Crippen LogP contribution in [0.4, 0.5) is 5.69 Å². The van der Waals surface area contributed by atoms with E-state index in [1.165, 1.54) is 17.0 Å². The molecule has 0 aliphatic heterocycles. The molecular formula is C15H17N3O3S. The maximum absolute atomic E-state index is 11.2. The topological polar surface area (TPSA) is 89.5 Å². The molecule has 1 aromatic carbocycles. The number of nitrogens with two attached hydrogens (primary N) is 1. The Hall–Kier alpha value is -2.25. The quantitative estimate of drug-likeness (QED) is 0.655. The van der Waals surface area contributed by atoms with E-state index in [2.05, 4.69) is 6.92 Å². The van der Waals surface area contributed by atoms with Crippen molar-refractivity contribution in [3.8, 4) is 0 Å². The van der Waals surface area contributed by atoms with Gasteiger partial charge in [-0.25, -0.2) is 0 Å². The summed E-state index contributed by atoms with van der Waals surface area (Å²) >= 11 is 1.65. The lowest BCUT2D eigenvalue weighted by atomic mass is 10.1. The van der Waals surface area contributed by atoms with Crippen LogP contribution in [0.25, 0.3) is 0 Å². The molecule has 0 aliphatic carbocycles. The van der Waals surface area contributed by atoms with Crippen molar-refractivity contribution in [3.63, 3.8) is 0 Å². The van der Waals surface area contributed by atoms with Gasteiger partial charge in [0.25, 0.3) is 5.69 Å². The van der Waals surface area contributed by atoms with Gasteiger partial charge < -0.3 is 5.73 Å². The van der Waals surface area contributed by atoms with Crippen molar-refractivity contribution in [2.45, 2.75) is 19.5 Å². The first-order valence-electron chi connectivity index (χ1n) is 6.71. The number of nitro groups is 1. The number of hydrogen-bond donors (Lipinski definition) is 1. The molecule has 0 aliphatic rings. The molecule has 1 heterocycles. The molecule has 22 heavy (non-hydrogen) atoms. The van der Waals surface area contributed by atoms with Gasteiger partial charge >= 0.3 is 0 Å². The second-order valence-corrected chi connectivity index (χ2v) is 6.05. The van der Waals surface area contributed by atoms with E-state index in [9.17, 15) is 14.9 Å². The summed E-state index contributed by atoms with van der Waals surface area (Å²) in [6, 6.07) is 8.52. The molecule has 0 fully saturated rings. The van der Waals surface area contributed by atoms with Gasteiger partial charge in [0.1, 0.15) is 0 Å². The summed E-state index contributed by atoms with van der Waals surface area (Å²) in [6.07, 6.45) is 0. The summed E-state index contributed by atoms with van der Waals surface area (Å²) < 4.78 is 0. The van der Waals surface area contributed by atoms with Crippen LogP contribution in [0.15, 0.2) is 35.7 Å². The molecule has 0 radical (unpaired) electrons. The third kappa shape index (κ3) is 3.49. The SMILES string of the molecule is CC(c1cccs1)N(C)Cc1ccc(C(N)=O)cc1[N+](=O)[O-]. The molecule has 1 unspecified atom stereocenters. The van der Waals surface area contributed by atoms with Crippen molar-refractivity contribution in [3.05, 3.63) is 61.8 Å². The standard InChI is InChI=1S/C15H17N3O3S/c1-10(14-4-3-7-22-14)17(2)9-12-6-5-11(15(16)19)8-13(12)18(20)21/h3-8,10H,9H2,1-2H3,(H2,16,19). The van der Waals surface area contributed by atoms with Crippen LogP contribution >= 0.6 is 11.3 Å². The summed E-state index contributed by atoms with van der Waals surface area (Å²) in [5.74, 6) is -0.671. The Morgan fingerprint density at radius 3 is 2.73 bits per heavy atom. The third-order valence-corrected chi connectivity index (χ3v) is 4.64. The molecular weight excluding hydrogens is 302 g/mol. The first-order valence-corrected chi connectivity index (χ1v) is 7.59. The summed E-state index contributed by atoms with van der Waals surface area (Å²) in [4.78, 5) is 25.1. The fraction of sp³-hybridized carbons (Fsp3) is 0.267. The highest BCUT2D eigenvalue weighted by atomic mass is 32.1. The van der Waals surface area contributed by atoms with Gasteiger partial charge in [-0.3, -0.25) is 19.8 Å². The average Bonchev–Trinajstić information content (AvgIpc) is 3.00. The maximum atomic E-state index is 11.2. The second kappa shape index (κ2) is 6.67. The van der Waals surface area contributed by atoms with E-state index in [4.69, 9.17) is 5.73 Å². The number of nitro benzene ring substituents is 1. The predicted octanol–water partition coefficient (Wildman–Crippen LogP) is 2.95. The zero-order valence-corrected chi connectivity index (χ0v) is 13.2. The molecule has 1 amide bonds. The van der Waals surface area contributed by atoms with E-state index in [1.807, 2.05) is 29.5 Å². The molecule has 0 saturated heterocycles. The highest BCUT2D eigenvalue weighted by molar-refractivity contribution is 7.10. The highest BCUT2D eigenvalue weighted by Gasteiger charge is 2.20. The van der Waals surface area contributed by atoms with Gasteiger partial charge in [0, 0.05) is 34.7 Å². The van der Waals surface area contributed by atoms with Crippen LogP contribution in [0.3, 0.4) is 0 Å². The molecule has 116 valence electrons. The lowest BCUT2D eigenvalue weighted by molar-refractivity contribution is -0.385. The maximum Gasteiger partial charge on any atom is 0.274 e. The van der Waals surface area contributed by atoms with Gasteiger partial charge in [-0.05, 0) is 31.5 Å². The van der Waals surface area contributed by atoms with Crippen molar-refractivity contribution in [1.82, 2.24) is 4.90 Å². The van der Waals surface area contributed by atoms with Crippen LogP contribution in [0.1, 0.15) is 33.8 Å². The number of carbonyl (C=O) groups excluding carboxylic acids is 1. The minimum atomic E-state index is -0.671. The van der Waals surface area contributed by atoms with Gasteiger partial charge in [0.2, 0.25) is 5.91 Å². The Bertz CT molecular complexity index is 685. The van der Waals surface area contributed by atoms with Gasteiger partial charge in [-0.15, -0.1) is 11.3 Å². The summed E-state index contributed by atoms with van der Waals surface area (Å²) in [5, 5.41) is 13.2. The van der Waals surface area contributed by atoms with Crippen LogP contribution in [0.2, 0.25) is 0 Å². The summed E-state index contributed by atoms with van der Waals surface area (Å²) in [5.41, 5.74) is 5.79. The van der Waals surface area contributed by atoms with Crippen molar-refractivity contribution in [2.75, 3.05) is 7.05 Å². The third-order valence-electron chi connectivity index (χ3n) is 3.60. The minimum Gasteiger partial charge on any atom is -0.366 e. The van der Waals surface area contributed by atoms with Gasteiger partial charge in [0.05, 0.1) is 4.92 Å². The Morgan fingerprint density at radius 1 is 1.45 bits per heavy atom. The van der Waals surface area contributed by atoms with E-state index in [0.29, 0.717) is 12.1 Å². The molecule has 2 aromatic rings. The number of carbonyl (C=O) groups is 1. The van der Waals surface area contributed by atoms with Crippen LogP contribution < -0.4 is 5.73 Å². The fourth-order valence-corrected chi connectivity index (χ4v) is 3.02. The molecule has 1 atom stereocenters. The zero-order valence-electron chi connectivity index (χ0n) is 12.4. The minimum absolute atomic E-state index is 0.0819. The number of primary amides is 1. The predicted molar refractivity (Wildman–Crippen MR) is 85.8 cm³/mol. The highest BCUT2D eigenvalue weighted by Crippen LogP contribution is 2.27. The second-order valence-electron chi connectivity index (χ2n) is 5.07. The molecule has 2 N–H and O–H groups in total. The van der Waals surface area contributed by atoms with Gasteiger partial charge in [-0.1, -0.05) is 12.1 Å². The normalized spacial score (nSPS) is 12.3. The number of benzene rings is 1. The number of thiophene rings is 1. The van der Waals surface area contributed by atoms with Crippen LogP contribution in [0.5, 0.6) is 0 Å². The Kier molecular flexibility index (Phi) is 4.89. The average molecular weight is 319 g/mol. The van der Waals surface area contributed by atoms with Crippen LogP contribution in [-0.2, 0) is 6.54 Å². The van der Waals surface area contributed by atoms with E-state index in [1.54, 1.807) is 17.4 Å². The van der Waals surface area contributed by atoms with Crippen LogP contribution in [0, 0.1) is 10.1 Å². The number of nitrogens with zero attached hydrogens (tertiary/aromatic N) is 2. The number of rotatable bonds is 6. The molecule has 0 saturated carbocycles. The van der Waals surface area contributed by atoms with Crippen molar-refractivity contribution in [1.29, 1.82) is 0 Å². The molecule has 0 bridgehead atoms. The Labute approximate surface area is 132 Å². The van der Waals surface area contributed by atoms with Crippen molar-refractivity contribution >= 4 is 22.9 Å². The monoisotopic (exact) mass is 319 g/mol.